The fourth-order valence-corrected chi connectivity index (χ4v) is 8.11. The first-order valence-electron chi connectivity index (χ1n) is 13.9. The number of nitrogens with zero attached hydrogens (tertiary/aromatic N) is 3. The van der Waals surface area contributed by atoms with Gasteiger partial charge in [-0.1, -0.05) is 12.1 Å². The third kappa shape index (κ3) is 4.21. The molecule has 4 aliphatic carbocycles. The third-order valence-electron chi connectivity index (χ3n) is 9.71. The number of nitrogens with one attached hydrogen (secondary N) is 1. The van der Waals surface area contributed by atoms with Crippen molar-refractivity contribution in [3.05, 3.63) is 24.3 Å². The molecule has 7 rings (SSSR count). The molecule has 8 heteroatoms. The molecule has 2 saturated heterocycles. The van der Waals surface area contributed by atoms with Crippen LogP contribution in [0.15, 0.2) is 24.3 Å². The van der Waals surface area contributed by atoms with Crippen LogP contribution in [0.5, 0.6) is 5.75 Å². The number of carbonyl (C=O) groups excluding carboxylic acids is 2. The molecule has 4 saturated carbocycles. The molecule has 6 fully saturated rings. The van der Waals surface area contributed by atoms with Crippen molar-refractivity contribution >= 4 is 17.6 Å². The Labute approximate surface area is 213 Å². The molecular formula is C28H40N4O4. The second-order valence-corrected chi connectivity index (χ2v) is 11.9. The predicted molar refractivity (Wildman–Crippen MR) is 137 cm³/mol. The molecule has 0 aromatic heterocycles. The van der Waals surface area contributed by atoms with Gasteiger partial charge in [-0.3, -0.25) is 4.79 Å². The lowest BCUT2D eigenvalue weighted by molar-refractivity contribution is -0.163. The second kappa shape index (κ2) is 9.43. The van der Waals surface area contributed by atoms with Crippen molar-refractivity contribution in [2.24, 2.45) is 23.2 Å². The summed E-state index contributed by atoms with van der Waals surface area (Å²) in [7, 11) is 1.69. The zero-order valence-electron chi connectivity index (χ0n) is 21.4. The van der Waals surface area contributed by atoms with E-state index in [0.29, 0.717) is 37.4 Å². The van der Waals surface area contributed by atoms with E-state index in [1.54, 1.807) is 7.11 Å². The molecule has 2 aliphatic heterocycles. The van der Waals surface area contributed by atoms with Crippen LogP contribution in [0.2, 0.25) is 0 Å². The lowest BCUT2D eigenvalue weighted by Crippen LogP contribution is -2.61. The largest absolute Gasteiger partial charge is 0.495 e. The molecule has 3 atom stereocenters. The molecule has 8 nitrogen and oxygen atoms in total. The van der Waals surface area contributed by atoms with Crippen molar-refractivity contribution in [2.45, 2.75) is 57.1 Å². The smallest absolute Gasteiger partial charge is 0.320 e. The number of urea groups is 1. The SMILES string of the molecule is COc1ccccc1N1CCN(C(=O)N2CCC[C@H](NC(=O)C34CC5CC(C3)C(O)C(C5)C4)C2)CC1. The summed E-state index contributed by atoms with van der Waals surface area (Å²) < 4.78 is 5.52. The van der Waals surface area contributed by atoms with Gasteiger partial charge in [-0.05, 0) is 74.8 Å². The van der Waals surface area contributed by atoms with Crippen molar-refractivity contribution in [3.8, 4) is 5.75 Å². The van der Waals surface area contributed by atoms with Gasteiger partial charge in [0.05, 0.1) is 24.3 Å². The number of piperidine rings is 1. The molecule has 1 aromatic carbocycles. The molecular weight excluding hydrogens is 456 g/mol. The number of carbonyl (C=O) groups is 2. The van der Waals surface area contributed by atoms with E-state index in [2.05, 4.69) is 16.3 Å². The van der Waals surface area contributed by atoms with E-state index in [0.717, 1.165) is 76.0 Å². The summed E-state index contributed by atoms with van der Waals surface area (Å²) in [6, 6.07) is 8.14. The van der Waals surface area contributed by atoms with E-state index < -0.39 is 0 Å². The average Bonchev–Trinajstić information content (AvgIpc) is 2.91. The fraction of sp³-hybridized carbons (Fsp3) is 0.714. The van der Waals surface area contributed by atoms with Crippen molar-refractivity contribution in [2.75, 3.05) is 51.3 Å². The number of aliphatic hydroxyl groups excluding tert-OH is 1. The van der Waals surface area contributed by atoms with Crippen LogP contribution >= 0.6 is 0 Å². The van der Waals surface area contributed by atoms with E-state index in [9.17, 15) is 14.7 Å². The van der Waals surface area contributed by atoms with Crippen molar-refractivity contribution in [1.29, 1.82) is 0 Å². The number of aliphatic hydroxyl groups is 1. The summed E-state index contributed by atoms with van der Waals surface area (Å²) in [6.45, 7) is 4.25. The number of anilines is 1. The number of amides is 3. The summed E-state index contributed by atoms with van der Waals surface area (Å²) in [5.74, 6) is 2.22. The Balaban J connectivity index is 1.04. The standard InChI is InChI=1S/C28H40N4O4/c1-36-24-7-3-2-6-23(24)30-9-11-31(12-10-30)27(35)32-8-4-5-22(18-32)29-26(34)28-15-19-13-20(16-28)25(33)21(14-19)17-28/h2-3,6-7,19-22,25,33H,4-5,8-18H2,1H3,(H,29,34)/t19?,20?,21?,22-,25?,28?/m0/s1. The number of likely N-dealkylation sites (tertiary alicyclic amines) is 1. The van der Waals surface area contributed by atoms with Gasteiger partial charge in [0.2, 0.25) is 5.91 Å². The highest BCUT2D eigenvalue weighted by atomic mass is 16.5. The number of ether oxygens (including phenoxy) is 1. The quantitative estimate of drug-likeness (QED) is 0.670. The van der Waals surface area contributed by atoms with Crippen LogP contribution in [0.3, 0.4) is 0 Å². The van der Waals surface area contributed by atoms with Gasteiger partial charge in [0.15, 0.2) is 0 Å². The van der Waals surface area contributed by atoms with Crippen LogP contribution < -0.4 is 15.0 Å². The Morgan fingerprint density at radius 2 is 1.72 bits per heavy atom. The summed E-state index contributed by atoms with van der Waals surface area (Å²) in [5, 5.41) is 13.9. The van der Waals surface area contributed by atoms with Crippen LogP contribution in [0, 0.1) is 23.2 Å². The number of rotatable bonds is 4. The predicted octanol–water partition coefficient (Wildman–Crippen LogP) is 2.71. The Hall–Kier alpha value is -2.48. The van der Waals surface area contributed by atoms with Gasteiger partial charge in [-0.25, -0.2) is 4.79 Å². The molecule has 6 aliphatic rings. The maximum absolute atomic E-state index is 13.6. The molecule has 4 bridgehead atoms. The summed E-state index contributed by atoms with van der Waals surface area (Å²) >= 11 is 0. The topological polar surface area (TPSA) is 85.4 Å². The number of piperazine rings is 1. The molecule has 196 valence electrons. The van der Waals surface area contributed by atoms with Gasteiger partial charge in [-0.15, -0.1) is 0 Å². The van der Waals surface area contributed by atoms with Gasteiger partial charge >= 0.3 is 6.03 Å². The minimum absolute atomic E-state index is 0.0167. The minimum Gasteiger partial charge on any atom is -0.495 e. The number of methoxy groups -OCH3 is 1. The molecule has 2 N–H and O–H groups in total. The van der Waals surface area contributed by atoms with Gasteiger partial charge in [0.25, 0.3) is 0 Å². The van der Waals surface area contributed by atoms with E-state index in [1.807, 2.05) is 28.0 Å². The maximum atomic E-state index is 13.6. The first-order valence-corrected chi connectivity index (χ1v) is 13.9. The number of benzene rings is 1. The lowest BCUT2D eigenvalue weighted by Gasteiger charge is -2.58. The average molecular weight is 497 g/mol. The number of hydrogen-bond acceptors (Lipinski definition) is 5. The van der Waals surface area contributed by atoms with E-state index >= 15 is 0 Å². The highest BCUT2D eigenvalue weighted by Crippen LogP contribution is 2.60. The van der Waals surface area contributed by atoms with Gasteiger partial charge in [-0.2, -0.15) is 0 Å². The highest BCUT2D eigenvalue weighted by Gasteiger charge is 2.58. The van der Waals surface area contributed by atoms with E-state index in [4.69, 9.17) is 4.74 Å². The maximum Gasteiger partial charge on any atom is 0.320 e. The zero-order valence-corrected chi connectivity index (χ0v) is 21.4. The number of para-hydroxylation sites is 2. The first-order chi connectivity index (χ1) is 17.5. The van der Waals surface area contributed by atoms with Gasteiger partial charge in [0, 0.05) is 45.3 Å². The normalized spacial score (nSPS) is 35.6. The molecule has 0 radical (unpaired) electrons. The van der Waals surface area contributed by atoms with Crippen LogP contribution in [0.4, 0.5) is 10.5 Å². The number of hydrogen-bond donors (Lipinski definition) is 2. The van der Waals surface area contributed by atoms with Crippen molar-refractivity contribution in [3.63, 3.8) is 0 Å². The van der Waals surface area contributed by atoms with Crippen molar-refractivity contribution in [1.82, 2.24) is 15.1 Å². The Bertz CT molecular complexity index is 978. The summed E-state index contributed by atoms with van der Waals surface area (Å²) in [5.41, 5.74) is 0.779. The van der Waals surface area contributed by atoms with E-state index in [1.165, 1.54) is 0 Å². The highest BCUT2D eigenvalue weighted by molar-refractivity contribution is 5.83. The minimum atomic E-state index is -0.295. The van der Waals surface area contributed by atoms with E-state index in [-0.39, 0.29) is 29.5 Å². The molecule has 36 heavy (non-hydrogen) atoms. The van der Waals surface area contributed by atoms with Crippen LogP contribution in [0.25, 0.3) is 0 Å². The van der Waals surface area contributed by atoms with Crippen LogP contribution in [0.1, 0.15) is 44.9 Å². The Morgan fingerprint density at radius 3 is 2.44 bits per heavy atom. The Morgan fingerprint density at radius 1 is 1.00 bits per heavy atom. The second-order valence-electron chi connectivity index (χ2n) is 11.9. The molecule has 2 unspecified atom stereocenters. The zero-order chi connectivity index (χ0) is 24.9. The summed E-state index contributed by atoms with van der Waals surface area (Å²) in [6.07, 6.45) is 6.44. The van der Waals surface area contributed by atoms with Crippen LogP contribution in [-0.4, -0.2) is 85.4 Å². The Kier molecular flexibility index (Phi) is 6.26. The van der Waals surface area contributed by atoms with Crippen molar-refractivity contribution < 1.29 is 19.4 Å². The molecule has 2 heterocycles. The molecule has 3 amide bonds. The molecule has 0 spiro atoms. The third-order valence-corrected chi connectivity index (χ3v) is 9.71. The van der Waals surface area contributed by atoms with Crippen LogP contribution in [-0.2, 0) is 4.79 Å². The molecule has 1 aromatic rings. The van der Waals surface area contributed by atoms with Gasteiger partial charge < -0.3 is 29.9 Å². The summed E-state index contributed by atoms with van der Waals surface area (Å²) in [4.78, 5) is 33.1. The first kappa shape index (κ1) is 23.9. The fourth-order valence-electron chi connectivity index (χ4n) is 8.11. The lowest BCUT2D eigenvalue weighted by atomic mass is 9.48. The van der Waals surface area contributed by atoms with Gasteiger partial charge in [0.1, 0.15) is 5.75 Å². The monoisotopic (exact) mass is 496 g/mol.